The van der Waals surface area contributed by atoms with Crippen molar-refractivity contribution < 1.29 is 0 Å². The molecule has 1 N–H and O–H groups in total. The molecule has 0 aliphatic carbocycles. The van der Waals surface area contributed by atoms with Crippen LogP contribution in [0.15, 0.2) is 48.1 Å². The Kier molecular flexibility index (Phi) is 5.16. The molecule has 0 amide bonds. The van der Waals surface area contributed by atoms with Gasteiger partial charge in [0.05, 0.1) is 0 Å². The van der Waals surface area contributed by atoms with Crippen LogP contribution in [-0.2, 0) is 0 Å². The van der Waals surface area contributed by atoms with Gasteiger partial charge in [-0.05, 0) is 24.1 Å². The molecule has 1 aliphatic heterocycles. The summed E-state index contributed by atoms with van der Waals surface area (Å²) in [7, 11) is 0. The van der Waals surface area contributed by atoms with Crippen LogP contribution in [0.1, 0.15) is 12.0 Å². The fraction of sp³-hybridized carbons (Fsp3) is 0.231. The van der Waals surface area contributed by atoms with Crippen LogP contribution in [-0.4, -0.2) is 13.1 Å². The average Bonchev–Trinajstić information content (AvgIpc) is 2.29. The van der Waals surface area contributed by atoms with Gasteiger partial charge in [0.2, 0.25) is 0 Å². The van der Waals surface area contributed by atoms with Gasteiger partial charge in [0.25, 0.3) is 0 Å². The maximum absolute atomic E-state index is 3.30. The molecule has 80 valence electrons. The molecule has 0 unspecified atom stereocenters. The van der Waals surface area contributed by atoms with E-state index in [0.29, 0.717) is 0 Å². The smallest absolute Gasteiger partial charge is 0.0140 e. The lowest BCUT2D eigenvalue weighted by Crippen LogP contribution is -2.19. The zero-order chi connectivity index (χ0) is 9.64. The van der Waals surface area contributed by atoms with Crippen molar-refractivity contribution in [3.63, 3.8) is 0 Å². The van der Waals surface area contributed by atoms with Gasteiger partial charge in [-0.3, -0.25) is 0 Å². The second-order valence-electron chi connectivity index (χ2n) is 3.48. The summed E-state index contributed by atoms with van der Waals surface area (Å²) in [6.07, 6.45) is 7.79. The van der Waals surface area contributed by atoms with E-state index in [2.05, 4.69) is 47.8 Å². The Hall–Kier alpha value is -1.05. The first-order valence-corrected chi connectivity index (χ1v) is 5.08. The number of allylic oxidation sites excluding steroid dienone is 1. The average molecular weight is 222 g/mol. The van der Waals surface area contributed by atoms with Crippen LogP contribution in [0.25, 0.3) is 6.08 Å². The monoisotopic (exact) mass is 221 g/mol. The number of hydrogen-bond donors (Lipinski definition) is 1. The van der Waals surface area contributed by atoms with Gasteiger partial charge < -0.3 is 5.32 Å². The Labute approximate surface area is 97.3 Å². The number of nitrogens with one attached hydrogen (secondary N) is 1. The number of benzene rings is 1. The third-order valence-electron chi connectivity index (χ3n) is 2.39. The molecule has 0 bridgehead atoms. The fourth-order valence-electron chi connectivity index (χ4n) is 1.56. The zero-order valence-corrected chi connectivity index (χ0v) is 9.46. The first-order chi connectivity index (χ1) is 6.95. The molecule has 0 saturated heterocycles. The molecule has 1 aliphatic rings. The SMILES string of the molecule is C1=C(/C=C/c2ccccc2)CCNC1.Cl. The molecule has 0 atom stereocenters. The summed E-state index contributed by atoms with van der Waals surface area (Å²) < 4.78 is 0. The van der Waals surface area contributed by atoms with Gasteiger partial charge in [-0.2, -0.15) is 0 Å². The highest BCUT2D eigenvalue weighted by Gasteiger charge is 1.97. The molecule has 1 aromatic carbocycles. The summed E-state index contributed by atoms with van der Waals surface area (Å²) >= 11 is 0. The quantitative estimate of drug-likeness (QED) is 0.810. The topological polar surface area (TPSA) is 12.0 Å². The lowest BCUT2D eigenvalue weighted by atomic mass is 10.1. The van der Waals surface area contributed by atoms with E-state index in [1.54, 1.807) is 0 Å². The first-order valence-electron chi connectivity index (χ1n) is 5.08. The fourth-order valence-corrected chi connectivity index (χ4v) is 1.56. The highest BCUT2D eigenvalue weighted by atomic mass is 35.5. The molecule has 2 rings (SSSR count). The Bertz CT molecular complexity index is 341. The summed E-state index contributed by atoms with van der Waals surface area (Å²) in [6.45, 7) is 2.11. The lowest BCUT2D eigenvalue weighted by Gasteiger charge is -2.09. The van der Waals surface area contributed by atoms with E-state index in [9.17, 15) is 0 Å². The maximum Gasteiger partial charge on any atom is 0.0140 e. The van der Waals surface area contributed by atoms with Crippen LogP contribution in [0.5, 0.6) is 0 Å². The molecule has 0 radical (unpaired) electrons. The molecule has 0 fully saturated rings. The Morgan fingerprint density at radius 2 is 1.87 bits per heavy atom. The zero-order valence-electron chi connectivity index (χ0n) is 8.65. The lowest BCUT2D eigenvalue weighted by molar-refractivity contribution is 0.713. The molecule has 1 aromatic rings. The van der Waals surface area contributed by atoms with Gasteiger partial charge >= 0.3 is 0 Å². The maximum atomic E-state index is 3.30. The molecular formula is C13H16ClN. The predicted octanol–water partition coefficient (Wildman–Crippen LogP) is 3.04. The van der Waals surface area contributed by atoms with E-state index >= 15 is 0 Å². The summed E-state index contributed by atoms with van der Waals surface area (Å²) in [5.74, 6) is 0. The summed E-state index contributed by atoms with van der Waals surface area (Å²) in [5.41, 5.74) is 2.71. The van der Waals surface area contributed by atoms with Crippen molar-refractivity contribution in [2.45, 2.75) is 6.42 Å². The second-order valence-corrected chi connectivity index (χ2v) is 3.48. The summed E-state index contributed by atoms with van der Waals surface area (Å²) in [4.78, 5) is 0. The van der Waals surface area contributed by atoms with E-state index in [1.165, 1.54) is 11.1 Å². The van der Waals surface area contributed by atoms with Crippen LogP contribution >= 0.6 is 12.4 Å². The normalized spacial score (nSPS) is 15.9. The van der Waals surface area contributed by atoms with Gasteiger partial charge in [0.15, 0.2) is 0 Å². The van der Waals surface area contributed by atoms with Crippen LogP contribution < -0.4 is 5.32 Å². The third-order valence-corrected chi connectivity index (χ3v) is 2.39. The van der Waals surface area contributed by atoms with Gasteiger partial charge in [0, 0.05) is 6.54 Å². The molecule has 2 heteroatoms. The first kappa shape index (κ1) is 12.0. The van der Waals surface area contributed by atoms with Crippen molar-refractivity contribution >= 4 is 18.5 Å². The molecule has 0 saturated carbocycles. The molecule has 1 heterocycles. The standard InChI is InChI=1S/C13H15N.ClH/c1-2-4-12(5-3-1)6-7-13-8-10-14-11-9-13;/h1-8,14H,9-11H2;1H/b7-6+;. The molecule has 15 heavy (non-hydrogen) atoms. The Morgan fingerprint density at radius 1 is 1.07 bits per heavy atom. The van der Waals surface area contributed by atoms with Crippen LogP contribution in [0.4, 0.5) is 0 Å². The number of hydrogen-bond acceptors (Lipinski definition) is 1. The van der Waals surface area contributed by atoms with Crippen molar-refractivity contribution in [3.05, 3.63) is 53.6 Å². The van der Waals surface area contributed by atoms with Gasteiger partial charge in [-0.25, -0.2) is 0 Å². The van der Waals surface area contributed by atoms with Crippen molar-refractivity contribution in [1.82, 2.24) is 5.32 Å². The van der Waals surface area contributed by atoms with Crippen molar-refractivity contribution in [2.75, 3.05) is 13.1 Å². The Morgan fingerprint density at radius 3 is 2.53 bits per heavy atom. The van der Waals surface area contributed by atoms with Crippen LogP contribution in [0, 0.1) is 0 Å². The largest absolute Gasteiger partial charge is 0.313 e. The third kappa shape index (κ3) is 3.90. The van der Waals surface area contributed by atoms with E-state index in [0.717, 1.165) is 19.5 Å². The summed E-state index contributed by atoms with van der Waals surface area (Å²) in [5, 5.41) is 3.30. The second kappa shape index (κ2) is 6.44. The van der Waals surface area contributed by atoms with Crippen molar-refractivity contribution in [3.8, 4) is 0 Å². The van der Waals surface area contributed by atoms with Crippen molar-refractivity contribution in [1.29, 1.82) is 0 Å². The van der Waals surface area contributed by atoms with E-state index in [4.69, 9.17) is 0 Å². The Balaban J connectivity index is 0.00000112. The minimum Gasteiger partial charge on any atom is -0.313 e. The van der Waals surface area contributed by atoms with Crippen LogP contribution in [0.3, 0.4) is 0 Å². The highest BCUT2D eigenvalue weighted by Crippen LogP contribution is 2.09. The predicted molar refractivity (Wildman–Crippen MR) is 68.3 cm³/mol. The minimum absolute atomic E-state index is 0. The minimum atomic E-state index is 0. The molecular weight excluding hydrogens is 206 g/mol. The molecule has 0 aromatic heterocycles. The molecule has 1 nitrogen and oxygen atoms in total. The highest BCUT2D eigenvalue weighted by molar-refractivity contribution is 5.85. The number of rotatable bonds is 2. The van der Waals surface area contributed by atoms with Crippen LogP contribution in [0.2, 0.25) is 0 Å². The summed E-state index contributed by atoms with van der Waals surface area (Å²) in [6, 6.07) is 10.4. The van der Waals surface area contributed by atoms with Gasteiger partial charge in [-0.1, -0.05) is 48.6 Å². The van der Waals surface area contributed by atoms with E-state index < -0.39 is 0 Å². The van der Waals surface area contributed by atoms with E-state index in [-0.39, 0.29) is 12.4 Å². The molecule has 0 spiro atoms. The van der Waals surface area contributed by atoms with Gasteiger partial charge in [-0.15, -0.1) is 12.4 Å². The van der Waals surface area contributed by atoms with E-state index in [1.807, 2.05) is 6.07 Å². The van der Waals surface area contributed by atoms with Crippen molar-refractivity contribution in [2.24, 2.45) is 0 Å². The number of halogens is 1. The van der Waals surface area contributed by atoms with Gasteiger partial charge in [0.1, 0.15) is 0 Å².